The summed E-state index contributed by atoms with van der Waals surface area (Å²) in [5, 5.41) is 3.14. The quantitative estimate of drug-likeness (QED) is 0.305. The van der Waals surface area contributed by atoms with Crippen LogP contribution < -0.4 is 14.4 Å². The predicted octanol–water partition coefficient (Wildman–Crippen LogP) is 5.37. The number of ether oxygens (including phenoxy) is 1. The fraction of sp³-hybridized carbons (Fsp3) is 0.394. The first kappa shape index (κ1) is 31.1. The van der Waals surface area contributed by atoms with Crippen LogP contribution >= 0.6 is 0 Å². The first-order chi connectivity index (χ1) is 20.1. The molecule has 0 bridgehead atoms. The van der Waals surface area contributed by atoms with Crippen LogP contribution in [0.2, 0.25) is 0 Å². The minimum absolute atomic E-state index is 0.0693. The monoisotopic (exact) mass is 591 g/mol. The lowest BCUT2D eigenvalue weighted by Gasteiger charge is -2.34. The van der Waals surface area contributed by atoms with Crippen LogP contribution in [0.3, 0.4) is 0 Å². The van der Waals surface area contributed by atoms with Crippen molar-refractivity contribution in [3.8, 4) is 5.75 Å². The van der Waals surface area contributed by atoms with Gasteiger partial charge in [-0.1, -0.05) is 73.4 Å². The van der Waals surface area contributed by atoms with Crippen LogP contribution in [0.15, 0.2) is 77.7 Å². The first-order valence-electron chi connectivity index (χ1n) is 14.5. The van der Waals surface area contributed by atoms with Gasteiger partial charge in [0.2, 0.25) is 11.8 Å². The summed E-state index contributed by atoms with van der Waals surface area (Å²) in [6.07, 6.45) is 4.37. The van der Waals surface area contributed by atoms with Crippen molar-refractivity contribution in [3.63, 3.8) is 0 Å². The Labute approximate surface area is 249 Å². The number of hydrogen-bond acceptors (Lipinski definition) is 5. The summed E-state index contributed by atoms with van der Waals surface area (Å²) in [5.41, 5.74) is 3.15. The molecule has 3 aromatic rings. The van der Waals surface area contributed by atoms with Gasteiger partial charge in [0, 0.05) is 18.7 Å². The fourth-order valence-corrected chi connectivity index (χ4v) is 6.72. The number of amides is 2. The van der Waals surface area contributed by atoms with E-state index < -0.39 is 28.5 Å². The number of anilines is 1. The van der Waals surface area contributed by atoms with Gasteiger partial charge in [-0.15, -0.1) is 0 Å². The SMILES string of the molecule is CCC(C(=O)NC1CCCC1)N(Cc1ccc(C)cc1)C(=O)CN(c1cccc(OC)c1)S(=O)(=O)c1ccc(C)cc1. The smallest absolute Gasteiger partial charge is 0.264 e. The average Bonchev–Trinajstić information content (AvgIpc) is 3.50. The van der Waals surface area contributed by atoms with Crippen molar-refractivity contribution in [1.82, 2.24) is 10.2 Å². The molecule has 0 radical (unpaired) electrons. The molecule has 8 nitrogen and oxygen atoms in total. The highest BCUT2D eigenvalue weighted by Crippen LogP contribution is 2.28. The lowest BCUT2D eigenvalue weighted by atomic mass is 10.1. The largest absolute Gasteiger partial charge is 0.497 e. The van der Waals surface area contributed by atoms with E-state index in [-0.39, 0.29) is 23.4 Å². The molecule has 1 unspecified atom stereocenters. The molecule has 224 valence electrons. The van der Waals surface area contributed by atoms with Crippen molar-refractivity contribution >= 4 is 27.5 Å². The molecule has 1 N–H and O–H groups in total. The lowest BCUT2D eigenvalue weighted by Crippen LogP contribution is -2.53. The van der Waals surface area contributed by atoms with E-state index in [0.717, 1.165) is 46.7 Å². The summed E-state index contributed by atoms with van der Waals surface area (Å²) in [5.74, 6) is -0.218. The molecule has 0 heterocycles. The van der Waals surface area contributed by atoms with E-state index in [1.54, 1.807) is 36.4 Å². The van der Waals surface area contributed by atoms with E-state index >= 15 is 0 Å². The highest BCUT2D eigenvalue weighted by Gasteiger charge is 2.34. The van der Waals surface area contributed by atoms with Crippen LogP contribution in [-0.2, 0) is 26.2 Å². The van der Waals surface area contributed by atoms with E-state index in [4.69, 9.17) is 4.74 Å². The molecule has 1 atom stereocenters. The van der Waals surface area contributed by atoms with Crippen LogP contribution in [0.1, 0.15) is 55.7 Å². The third kappa shape index (κ3) is 7.50. The van der Waals surface area contributed by atoms with Gasteiger partial charge in [0.05, 0.1) is 17.7 Å². The number of nitrogens with one attached hydrogen (secondary N) is 1. The Bertz CT molecular complexity index is 1470. The summed E-state index contributed by atoms with van der Waals surface area (Å²) < 4.78 is 34.5. The van der Waals surface area contributed by atoms with Crippen LogP contribution in [0.4, 0.5) is 5.69 Å². The number of carbonyl (C=O) groups is 2. The maximum atomic E-state index is 14.2. The molecule has 1 aliphatic rings. The number of methoxy groups -OCH3 is 1. The average molecular weight is 592 g/mol. The normalized spacial score (nSPS) is 14.3. The molecular formula is C33H41N3O5S. The fourth-order valence-electron chi connectivity index (χ4n) is 5.31. The molecule has 0 aromatic heterocycles. The summed E-state index contributed by atoms with van der Waals surface area (Å²) in [4.78, 5) is 29.4. The van der Waals surface area contributed by atoms with Gasteiger partial charge in [0.1, 0.15) is 18.3 Å². The second-order valence-electron chi connectivity index (χ2n) is 10.9. The molecule has 0 spiro atoms. The Hall–Kier alpha value is -3.85. The second-order valence-corrected chi connectivity index (χ2v) is 12.8. The lowest BCUT2D eigenvalue weighted by molar-refractivity contribution is -0.140. The van der Waals surface area contributed by atoms with Crippen molar-refractivity contribution in [1.29, 1.82) is 0 Å². The number of benzene rings is 3. The molecule has 4 rings (SSSR count). The van der Waals surface area contributed by atoms with Gasteiger partial charge >= 0.3 is 0 Å². The molecule has 2 amide bonds. The zero-order valence-electron chi connectivity index (χ0n) is 24.9. The molecule has 3 aromatic carbocycles. The zero-order chi connectivity index (χ0) is 30.3. The number of nitrogens with zero attached hydrogens (tertiary/aromatic N) is 2. The Morgan fingerprint density at radius 2 is 1.57 bits per heavy atom. The number of sulfonamides is 1. The van der Waals surface area contributed by atoms with Gasteiger partial charge in [-0.3, -0.25) is 13.9 Å². The van der Waals surface area contributed by atoms with Crippen molar-refractivity contribution in [2.75, 3.05) is 18.0 Å². The molecule has 1 aliphatic carbocycles. The van der Waals surface area contributed by atoms with Crippen molar-refractivity contribution in [2.45, 2.75) is 76.4 Å². The van der Waals surface area contributed by atoms with Gasteiger partial charge in [0.15, 0.2) is 0 Å². The van der Waals surface area contributed by atoms with Crippen LogP contribution in [-0.4, -0.2) is 50.9 Å². The minimum Gasteiger partial charge on any atom is -0.497 e. The van der Waals surface area contributed by atoms with Gasteiger partial charge in [0.25, 0.3) is 10.0 Å². The highest BCUT2D eigenvalue weighted by molar-refractivity contribution is 7.92. The van der Waals surface area contributed by atoms with Crippen molar-refractivity contribution in [3.05, 3.63) is 89.5 Å². The molecule has 0 aliphatic heterocycles. The summed E-state index contributed by atoms with van der Waals surface area (Å²) in [7, 11) is -2.64. The first-order valence-corrected chi connectivity index (χ1v) is 15.9. The molecule has 1 saturated carbocycles. The van der Waals surface area contributed by atoms with Crippen molar-refractivity contribution in [2.24, 2.45) is 0 Å². The van der Waals surface area contributed by atoms with Crippen LogP contribution in [0.25, 0.3) is 0 Å². The number of aryl methyl sites for hydroxylation is 2. The summed E-state index contributed by atoms with van der Waals surface area (Å²) >= 11 is 0. The molecule has 9 heteroatoms. The Kier molecular flexibility index (Phi) is 10.3. The molecular weight excluding hydrogens is 550 g/mol. The third-order valence-corrected chi connectivity index (χ3v) is 9.58. The maximum absolute atomic E-state index is 14.2. The Balaban J connectivity index is 1.72. The summed E-state index contributed by atoms with van der Waals surface area (Å²) in [6, 6.07) is 20.3. The highest BCUT2D eigenvalue weighted by atomic mass is 32.2. The minimum atomic E-state index is -4.14. The number of hydrogen-bond donors (Lipinski definition) is 1. The second kappa shape index (κ2) is 13.9. The Morgan fingerprint density at radius 3 is 2.17 bits per heavy atom. The summed E-state index contributed by atoms with van der Waals surface area (Å²) in [6.45, 7) is 5.43. The molecule has 1 fully saturated rings. The van der Waals surface area contributed by atoms with E-state index in [9.17, 15) is 18.0 Å². The van der Waals surface area contributed by atoms with Gasteiger partial charge in [-0.25, -0.2) is 8.42 Å². The van der Waals surface area contributed by atoms with Crippen LogP contribution in [0.5, 0.6) is 5.75 Å². The number of carbonyl (C=O) groups excluding carboxylic acids is 2. The molecule has 42 heavy (non-hydrogen) atoms. The van der Waals surface area contributed by atoms with E-state index in [1.165, 1.54) is 24.1 Å². The van der Waals surface area contributed by atoms with Crippen molar-refractivity contribution < 1.29 is 22.7 Å². The maximum Gasteiger partial charge on any atom is 0.264 e. The predicted molar refractivity (Wildman–Crippen MR) is 165 cm³/mol. The van der Waals surface area contributed by atoms with E-state index in [1.807, 2.05) is 45.0 Å². The standard InChI is InChI=1S/C33H41N3O5S/c1-5-31(33(38)34-27-9-6-7-10-27)35(22-26-17-13-24(2)14-18-26)32(37)23-36(28-11-8-12-29(21-28)41-4)42(39,40)30-19-15-25(3)16-20-30/h8,11-21,27,31H,5-7,9-10,22-23H2,1-4H3,(H,34,38). The number of rotatable bonds is 12. The topological polar surface area (TPSA) is 96.0 Å². The van der Waals surface area contributed by atoms with Crippen LogP contribution in [0, 0.1) is 13.8 Å². The Morgan fingerprint density at radius 1 is 0.952 bits per heavy atom. The van der Waals surface area contributed by atoms with Gasteiger partial charge < -0.3 is 15.0 Å². The molecule has 0 saturated heterocycles. The van der Waals surface area contributed by atoms with E-state index in [2.05, 4.69) is 5.32 Å². The zero-order valence-corrected chi connectivity index (χ0v) is 25.7. The third-order valence-electron chi connectivity index (χ3n) is 7.79. The van der Waals surface area contributed by atoms with E-state index in [0.29, 0.717) is 17.9 Å². The van der Waals surface area contributed by atoms with Gasteiger partial charge in [-0.05, 0) is 62.9 Å². The van der Waals surface area contributed by atoms with Gasteiger partial charge in [-0.2, -0.15) is 0 Å².